The second kappa shape index (κ2) is 6.43. The Labute approximate surface area is 119 Å². The predicted molar refractivity (Wildman–Crippen MR) is 74.2 cm³/mol. The standard InChI is InChI=1S/C12H22N2O5S/c1-8-4-5-14(10(6-8)11(15)16)12(17)13-9(2)7-20(3,18)19/h8-10H,4-7H2,1-3H3,(H,13,17)(H,15,16). The molecule has 0 radical (unpaired) electrons. The minimum atomic E-state index is -3.19. The number of nitrogens with zero attached hydrogens (tertiary/aromatic N) is 1. The highest BCUT2D eigenvalue weighted by Gasteiger charge is 2.35. The van der Waals surface area contributed by atoms with Crippen molar-refractivity contribution in [2.24, 2.45) is 5.92 Å². The summed E-state index contributed by atoms with van der Waals surface area (Å²) in [5, 5.41) is 11.7. The molecule has 0 bridgehead atoms. The van der Waals surface area contributed by atoms with E-state index in [0.717, 1.165) is 12.7 Å². The maximum absolute atomic E-state index is 12.1. The Morgan fingerprint density at radius 1 is 1.45 bits per heavy atom. The van der Waals surface area contributed by atoms with Crippen molar-refractivity contribution in [3.05, 3.63) is 0 Å². The van der Waals surface area contributed by atoms with Gasteiger partial charge in [0.2, 0.25) is 0 Å². The first kappa shape index (κ1) is 16.7. The number of amides is 2. The monoisotopic (exact) mass is 306 g/mol. The third-order valence-corrected chi connectivity index (χ3v) is 4.44. The summed E-state index contributed by atoms with van der Waals surface area (Å²) >= 11 is 0. The van der Waals surface area contributed by atoms with Crippen LogP contribution in [0.3, 0.4) is 0 Å². The average Bonchev–Trinajstić information content (AvgIpc) is 2.25. The van der Waals surface area contributed by atoms with E-state index in [1.165, 1.54) is 4.90 Å². The van der Waals surface area contributed by atoms with Crippen LogP contribution in [0, 0.1) is 5.92 Å². The summed E-state index contributed by atoms with van der Waals surface area (Å²) in [5.41, 5.74) is 0. The number of nitrogens with one attached hydrogen (secondary N) is 1. The molecule has 2 N–H and O–H groups in total. The molecule has 0 aromatic carbocycles. The highest BCUT2D eigenvalue weighted by atomic mass is 32.2. The van der Waals surface area contributed by atoms with Crippen LogP contribution in [-0.2, 0) is 14.6 Å². The number of carbonyl (C=O) groups excluding carboxylic acids is 1. The Morgan fingerprint density at radius 3 is 2.55 bits per heavy atom. The molecule has 20 heavy (non-hydrogen) atoms. The Kier molecular flexibility index (Phi) is 5.38. The first-order chi connectivity index (χ1) is 9.10. The minimum absolute atomic E-state index is 0.166. The molecule has 0 aliphatic carbocycles. The summed E-state index contributed by atoms with van der Waals surface area (Å²) in [4.78, 5) is 24.6. The third kappa shape index (κ3) is 4.99. The van der Waals surface area contributed by atoms with E-state index in [-0.39, 0.29) is 11.7 Å². The Balaban J connectivity index is 2.67. The maximum Gasteiger partial charge on any atom is 0.326 e. The van der Waals surface area contributed by atoms with Crippen LogP contribution in [0.25, 0.3) is 0 Å². The number of rotatable bonds is 4. The van der Waals surface area contributed by atoms with Crippen LogP contribution in [0.4, 0.5) is 4.79 Å². The molecular formula is C12H22N2O5S. The molecule has 0 spiro atoms. The van der Waals surface area contributed by atoms with Crippen LogP contribution >= 0.6 is 0 Å². The molecule has 1 aliphatic heterocycles. The van der Waals surface area contributed by atoms with Crippen molar-refractivity contribution in [3.8, 4) is 0 Å². The van der Waals surface area contributed by atoms with Crippen LogP contribution in [0.2, 0.25) is 0 Å². The van der Waals surface area contributed by atoms with E-state index in [0.29, 0.717) is 13.0 Å². The van der Waals surface area contributed by atoms with E-state index in [1.807, 2.05) is 6.92 Å². The second-order valence-electron chi connectivity index (χ2n) is 5.62. The number of urea groups is 1. The van der Waals surface area contributed by atoms with E-state index in [1.54, 1.807) is 6.92 Å². The fourth-order valence-corrected chi connectivity index (χ4v) is 3.40. The maximum atomic E-state index is 12.1. The summed E-state index contributed by atoms with van der Waals surface area (Å²) < 4.78 is 22.3. The molecule has 7 nitrogen and oxygen atoms in total. The molecule has 8 heteroatoms. The highest BCUT2D eigenvalue weighted by Crippen LogP contribution is 2.22. The van der Waals surface area contributed by atoms with Gasteiger partial charge in [0.15, 0.2) is 0 Å². The summed E-state index contributed by atoms with van der Waals surface area (Å²) in [6.07, 6.45) is 2.26. The first-order valence-electron chi connectivity index (χ1n) is 6.58. The molecule has 1 saturated heterocycles. The molecule has 3 atom stereocenters. The lowest BCUT2D eigenvalue weighted by Crippen LogP contribution is -2.55. The van der Waals surface area contributed by atoms with Gasteiger partial charge in [0.1, 0.15) is 15.9 Å². The van der Waals surface area contributed by atoms with Crippen molar-refractivity contribution in [2.75, 3.05) is 18.6 Å². The molecule has 0 aromatic heterocycles. The minimum Gasteiger partial charge on any atom is -0.480 e. The van der Waals surface area contributed by atoms with E-state index in [9.17, 15) is 23.1 Å². The van der Waals surface area contributed by atoms with Gasteiger partial charge in [-0.2, -0.15) is 0 Å². The van der Waals surface area contributed by atoms with Crippen LogP contribution in [-0.4, -0.2) is 61.1 Å². The SMILES string of the molecule is CC1CCN(C(=O)NC(C)CS(C)(=O)=O)C(C(=O)O)C1. The normalized spacial score (nSPS) is 25.1. The quantitative estimate of drug-likeness (QED) is 0.778. The van der Waals surface area contributed by atoms with Gasteiger partial charge < -0.3 is 15.3 Å². The fourth-order valence-electron chi connectivity index (χ4n) is 2.41. The van der Waals surface area contributed by atoms with E-state index >= 15 is 0 Å². The lowest BCUT2D eigenvalue weighted by Gasteiger charge is -2.36. The largest absolute Gasteiger partial charge is 0.480 e. The zero-order valence-electron chi connectivity index (χ0n) is 12.0. The average molecular weight is 306 g/mol. The molecular weight excluding hydrogens is 284 g/mol. The molecule has 0 saturated carbocycles. The number of piperidine rings is 1. The van der Waals surface area contributed by atoms with Crippen molar-refractivity contribution in [3.63, 3.8) is 0 Å². The number of sulfone groups is 1. The van der Waals surface area contributed by atoms with Gasteiger partial charge in [-0.05, 0) is 25.7 Å². The van der Waals surface area contributed by atoms with Crippen LogP contribution in [0.15, 0.2) is 0 Å². The number of carbonyl (C=O) groups is 2. The summed E-state index contributed by atoms with van der Waals surface area (Å²) in [6, 6.07) is -1.91. The summed E-state index contributed by atoms with van der Waals surface area (Å²) in [5.74, 6) is -0.933. The first-order valence-corrected chi connectivity index (χ1v) is 8.64. The van der Waals surface area contributed by atoms with Gasteiger partial charge in [0.25, 0.3) is 0 Å². The van der Waals surface area contributed by atoms with E-state index < -0.39 is 33.9 Å². The van der Waals surface area contributed by atoms with Gasteiger partial charge in [0, 0.05) is 18.8 Å². The van der Waals surface area contributed by atoms with Crippen molar-refractivity contribution in [1.82, 2.24) is 10.2 Å². The molecule has 3 unspecified atom stereocenters. The van der Waals surface area contributed by atoms with Crippen LogP contribution in [0.1, 0.15) is 26.7 Å². The molecule has 1 fully saturated rings. The molecule has 0 aromatic rings. The molecule has 2 amide bonds. The predicted octanol–water partition coefficient (Wildman–Crippen LogP) is 0.314. The topological polar surface area (TPSA) is 104 Å². The Hall–Kier alpha value is -1.31. The van der Waals surface area contributed by atoms with E-state index in [4.69, 9.17) is 0 Å². The van der Waals surface area contributed by atoms with Crippen molar-refractivity contribution < 1.29 is 23.1 Å². The number of likely N-dealkylation sites (tertiary alicyclic amines) is 1. The fraction of sp³-hybridized carbons (Fsp3) is 0.833. The number of hydrogen-bond acceptors (Lipinski definition) is 4. The third-order valence-electron chi connectivity index (χ3n) is 3.33. The number of hydrogen-bond donors (Lipinski definition) is 2. The van der Waals surface area contributed by atoms with Gasteiger partial charge in [-0.3, -0.25) is 0 Å². The van der Waals surface area contributed by atoms with Crippen molar-refractivity contribution >= 4 is 21.8 Å². The highest BCUT2D eigenvalue weighted by molar-refractivity contribution is 7.90. The van der Waals surface area contributed by atoms with Gasteiger partial charge in [-0.25, -0.2) is 18.0 Å². The van der Waals surface area contributed by atoms with Gasteiger partial charge >= 0.3 is 12.0 Å². The van der Waals surface area contributed by atoms with Gasteiger partial charge in [-0.15, -0.1) is 0 Å². The zero-order valence-corrected chi connectivity index (χ0v) is 12.8. The van der Waals surface area contributed by atoms with Crippen LogP contribution < -0.4 is 5.32 Å². The van der Waals surface area contributed by atoms with Gasteiger partial charge in [-0.1, -0.05) is 6.92 Å². The lowest BCUT2D eigenvalue weighted by molar-refractivity contribution is -0.143. The number of aliphatic carboxylic acids is 1. The summed E-state index contributed by atoms with van der Waals surface area (Å²) in [7, 11) is -3.19. The second-order valence-corrected chi connectivity index (χ2v) is 7.80. The smallest absolute Gasteiger partial charge is 0.326 e. The molecule has 1 aliphatic rings. The summed E-state index contributed by atoms with van der Waals surface area (Å²) in [6.45, 7) is 3.91. The Morgan fingerprint density at radius 2 is 2.05 bits per heavy atom. The lowest BCUT2D eigenvalue weighted by atomic mass is 9.93. The van der Waals surface area contributed by atoms with E-state index in [2.05, 4.69) is 5.32 Å². The number of carboxylic acids is 1. The molecule has 1 rings (SSSR count). The molecule has 116 valence electrons. The van der Waals surface area contributed by atoms with Crippen molar-refractivity contribution in [2.45, 2.75) is 38.8 Å². The zero-order chi connectivity index (χ0) is 15.5. The number of carboxylic acid groups (broad SMARTS) is 1. The van der Waals surface area contributed by atoms with Crippen molar-refractivity contribution in [1.29, 1.82) is 0 Å². The van der Waals surface area contributed by atoms with Gasteiger partial charge in [0.05, 0.1) is 5.75 Å². The molecule has 1 heterocycles. The Bertz CT molecular complexity index is 476. The van der Waals surface area contributed by atoms with Crippen LogP contribution in [0.5, 0.6) is 0 Å².